The minimum atomic E-state index is -3.62. The molecule has 1 aromatic carbocycles. The summed E-state index contributed by atoms with van der Waals surface area (Å²) >= 11 is 3.32. The summed E-state index contributed by atoms with van der Waals surface area (Å²) in [5, 5.41) is 3.97. The molecule has 1 N–H and O–H groups in total. The van der Waals surface area contributed by atoms with Crippen LogP contribution >= 0.6 is 15.9 Å². The fraction of sp³-hybridized carbons (Fsp3) is 0.182. The van der Waals surface area contributed by atoms with Crippen molar-refractivity contribution in [1.29, 1.82) is 0 Å². The maximum atomic E-state index is 12.2. The lowest BCUT2D eigenvalue weighted by Gasteiger charge is -2.10. The molecule has 0 radical (unpaired) electrons. The Morgan fingerprint density at radius 3 is 2.67 bits per heavy atom. The first kappa shape index (κ1) is 13.1. The number of aryl methyl sites for hydroxylation is 2. The molecule has 0 aliphatic rings. The zero-order chi connectivity index (χ0) is 13.3. The van der Waals surface area contributed by atoms with Gasteiger partial charge in [-0.25, -0.2) is 0 Å². The number of anilines is 1. The van der Waals surface area contributed by atoms with E-state index < -0.39 is 10.0 Å². The normalized spacial score (nSPS) is 11.5. The Kier molecular flexibility index (Phi) is 3.45. The zero-order valence-electron chi connectivity index (χ0n) is 9.88. The molecule has 5 nitrogen and oxygen atoms in total. The highest BCUT2D eigenvalue weighted by atomic mass is 79.9. The number of benzene rings is 1. The van der Waals surface area contributed by atoms with E-state index in [1.165, 1.54) is 16.9 Å². The molecule has 7 heteroatoms. The minimum Gasteiger partial charge on any atom is -0.277 e. The summed E-state index contributed by atoms with van der Waals surface area (Å²) in [4.78, 5) is 0. The number of nitrogens with zero attached hydrogens (tertiary/aromatic N) is 2. The van der Waals surface area contributed by atoms with Gasteiger partial charge in [0.15, 0.2) is 5.03 Å². The van der Waals surface area contributed by atoms with Crippen LogP contribution in [-0.2, 0) is 17.1 Å². The second kappa shape index (κ2) is 4.74. The Morgan fingerprint density at radius 1 is 1.33 bits per heavy atom. The number of sulfonamides is 1. The summed E-state index contributed by atoms with van der Waals surface area (Å²) in [6.45, 7) is 1.90. The van der Waals surface area contributed by atoms with Crippen LogP contribution < -0.4 is 4.72 Å². The number of hydrogen-bond acceptors (Lipinski definition) is 3. The molecule has 0 saturated heterocycles. The van der Waals surface area contributed by atoms with Gasteiger partial charge in [0.2, 0.25) is 0 Å². The molecule has 2 aromatic rings. The Balaban J connectivity index is 2.40. The van der Waals surface area contributed by atoms with E-state index >= 15 is 0 Å². The highest BCUT2D eigenvalue weighted by Gasteiger charge is 2.19. The van der Waals surface area contributed by atoms with Crippen LogP contribution in [-0.4, -0.2) is 18.2 Å². The molecule has 0 bridgehead atoms. The third-order valence-corrected chi connectivity index (χ3v) is 4.55. The number of aromatic nitrogens is 2. The van der Waals surface area contributed by atoms with Crippen LogP contribution in [0.4, 0.5) is 5.69 Å². The molecule has 0 unspecified atom stereocenters. The van der Waals surface area contributed by atoms with E-state index in [0.717, 1.165) is 5.56 Å². The first-order valence-electron chi connectivity index (χ1n) is 5.17. The molecule has 1 heterocycles. The Hall–Kier alpha value is -1.34. The first-order chi connectivity index (χ1) is 8.40. The van der Waals surface area contributed by atoms with E-state index in [0.29, 0.717) is 10.2 Å². The third-order valence-electron chi connectivity index (χ3n) is 2.42. The average molecular weight is 330 g/mol. The molecule has 18 heavy (non-hydrogen) atoms. The van der Waals surface area contributed by atoms with Crippen molar-refractivity contribution in [2.45, 2.75) is 11.9 Å². The lowest BCUT2D eigenvalue weighted by Crippen LogP contribution is -2.17. The van der Waals surface area contributed by atoms with E-state index in [2.05, 4.69) is 25.8 Å². The van der Waals surface area contributed by atoms with Gasteiger partial charge in [-0.15, -0.1) is 0 Å². The molecule has 0 atom stereocenters. The van der Waals surface area contributed by atoms with Gasteiger partial charge < -0.3 is 0 Å². The van der Waals surface area contributed by atoms with Crippen molar-refractivity contribution in [2.24, 2.45) is 7.05 Å². The predicted octanol–water partition coefficient (Wildman–Crippen LogP) is 2.29. The van der Waals surface area contributed by atoms with Crippen LogP contribution in [0.1, 0.15) is 5.56 Å². The zero-order valence-corrected chi connectivity index (χ0v) is 12.3. The fourth-order valence-corrected chi connectivity index (χ4v) is 3.21. The first-order valence-corrected chi connectivity index (χ1v) is 7.45. The summed E-state index contributed by atoms with van der Waals surface area (Å²) in [7, 11) is -2.04. The summed E-state index contributed by atoms with van der Waals surface area (Å²) in [5.41, 5.74) is 1.48. The minimum absolute atomic E-state index is 0.121. The maximum absolute atomic E-state index is 12.2. The molecule has 1 aromatic heterocycles. The monoisotopic (exact) mass is 329 g/mol. The summed E-state index contributed by atoms with van der Waals surface area (Å²) < 4.78 is 28.8. The summed E-state index contributed by atoms with van der Waals surface area (Å²) in [6.07, 6.45) is 1.44. The molecule has 0 saturated carbocycles. The van der Waals surface area contributed by atoms with Crippen LogP contribution in [0, 0.1) is 6.92 Å². The molecular formula is C11H12BrN3O2S. The van der Waals surface area contributed by atoms with Crippen LogP contribution in [0.15, 0.2) is 40.0 Å². The van der Waals surface area contributed by atoms with E-state index in [-0.39, 0.29) is 5.03 Å². The van der Waals surface area contributed by atoms with Crippen molar-refractivity contribution in [2.75, 3.05) is 4.72 Å². The number of halogens is 1. The van der Waals surface area contributed by atoms with Crippen molar-refractivity contribution in [1.82, 2.24) is 9.78 Å². The van der Waals surface area contributed by atoms with Gasteiger partial charge in [-0.3, -0.25) is 9.40 Å². The largest absolute Gasteiger partial charge is 0.279 e. The van der Waals surface area contributed by atoms with Crippen LogP contribution in [0.2, 0.25) is 0 Å². The molecular weight excluding hydrogens is 318 g/mol. The Bertz CT molecular complexity index is 679. The van der Waals surface area contributed by atoms with Crippen LogP contribution in [0.3, 0.4) is 0 Å². The molecule has 96 valence electrons. The van der Waals surface area contributed by atoms with Gasteiger partial charge in [-0.2, -0.15) is 13.5 Å². The number of rotatable bonds is 3. The van der Waals surface area contributed by atoms with Crippen LogP contribution in [0.5, 0.6) is 0 Å². The predicted molar refractivity (Wildman–Crippen MR) is 72.9 cm³/mol. The molecule has 0 fully saturated rings. The van der Waals surface area contributed by atoms with E-state index in [1.54, 1.807) is 19.2 Å². The topological polar surface area (TPSA) is 64.0 Å². The van der Waals surface area contributed by atoms with E-state index in [4.69, 9.17) is 0 Å². The smallest absolute Gasteiger partial charge is 0.277 e. The molecule has 0 aliphatic carbocycles. The van der Waals surface area contributed by atoms with E-state index in [1.807, 2.05) is 13.0 Å². The van der Waals surface area contributed by atoms with Gasteiger partial charge in [0.25, 0.3) is 10.0 Å². The van der Waals surface area contributed by atoms with Crippen LogP contribution in [0.25, 0.3) is 0 Å². The summed E-state index contributed by atoms with van der Waals surface area (Å²) in [6, 6.07) is 6.91. The van der Waals surface area contributed by atoms with Crippen molar-refractivity contribution in [3.8, 4) is 0 Å². The van der Waals surface area contributed by atoms with Gasteiger partial charge in [0.05, 0.1) is 11.9 Å². The van der Waals surface area contributed by atoms with Crippen molar-refractivity contribution >= 4 is 31.6 Å². The molecule has 0 spiro atoms. The maximum Gasteiger partial charge on any atom is 0.279 e. The van der Waals surface area contributed by atoms with Crippen molar-refractivity contribution < 1.29 is 8.42 Å². The standard InChI is InChI=1S/C11H12BrN3O2S/c1-8-3-4-9(12)10(7-8)14-18(16,17)11-5-6-13-15(11)2/h3-7,14H,1-2H3. The molecule has 2 rings (SSSR count). The van der Waals surface area contributed by atoms with Gasteiger partial charge >= 0.3 is 0 Å². The average Bonchev–Trinajstić information content (AvgIpc) is 2.70. The number of hydrogen-bond donors (Lipinski definition) is 1. The van der Waals surface area contributed by atoms with Gasteiger partial charge in [-0.05, 0) is 46.6 Å². The van der Waals surface area contributed by atoms with Gasteiger partial charge in [0.1, 0.15) is 0 Å². The fourth-order valence-electron chi connectivity index (χ4n) is 1.54. The van der Waals surface area contributed by atoms with Crippen molar-refractivity contribution in [3.63, 3.8) is 0 Å². The highest BCUT2D eigenvalue weighted by Crippen LogP contribution is 2.25. The molecule has 0 amide bonds. The SMILES string of the molecule is Cc1ccc(Br)c(NS(=O)(=O)c2ccnn2C)c1. The van der Waals surface area contributed by atoms with Crippen molar-refractivity contribution in [3.05, 3.63) is 40.5 Å². The Morgan fingerprint density at radius 2 is 2.06 bits per heavy atom. The number of nitrogens with one attached hydrogen (secondary N) is 1. The second-order valence-corrected chi connectivity index (χ2v) is 6.37. The Labute approximate surface area is 114 Å². The third kappa shape index (κ3) is 2.56. The lowest BCUT2D eigenvalue weighted by atomic mass is 10.2. The quantitative estimate of drug-likeness (QED) is 0.939. The highest BCUT2D eigenvalue weighted by molar-refractivity contribution is 9.10. The molecule has 0 aliphatic heterocycles. The lowest BCUT2D eigenvalue weighted by molar-refractivity contribution is 0.582. The van der Waals surface area contributed by atoms with E-state index in [9.17, 15) is 8.42 Å². The summed E-state index contributed by atoms with van der Waals surface area (Å²) in [5.74, 6) is 0. The van der Waals surface area contributed by atoms with Gasteiger partial charge in [0, 0.05) is 11.5 Å². The second-order valence-electron chi connectivity index (χ2n) is 3.88. The van der Waals surface area contributed by atoms with Gasteiger partial charge in [-0.1, -0.05) is 6.07 Å².